The number of anilines is 1. The van der Waals surface area contributed by atoms with Crippen molar-refractivity contribution in [1.82, 2.24) is 9.47 Å². The molecule has 1 atom stereocenters. The number of hydrogen-bond donors (Lipinski definition) is 1. The number of nitrogens with one attached hydrogen (secondary N) is 1. The molecule has 2 aromatic rings. The fourth-order valence-electron chi connectivity index (χ4n) is 4.16. The highest BCUT2D eigenvalue weighted by Gasteiger charge is 2.39. The predicted molar refractivity (Wildman–Crippen MR) is 96.1 cm³/mol. The largest absolute Gasteiger partial charge is 0.361 e. The zero-order valence-electron chi connectivity index (χ0n) is 14.6. The van der Waals surface area contributed by atoms with E-state index in [1.54, 1.807) is 0 Å². The van der Waals surface area contributed by atoms with Gasteiger partial charge < -0.3 is 14.8 Å². The molecule has 1 aromatic carbocycles. The van der Waals surface area contributed by atoms with Gasteiger partial charge in [0.15, 0.2) is 0 Å². The minimum atomic E-state index is -0.223. The molecule has 0 radical (unpaired) electrons. The first-order valence-electron chi connectivity index (χ1n) is 8.86. The molecular formula is C20H22N4O. The SMILES string of the molecule is Cc1c([C@@H]2Nc3ccccc3C(=O)N2C2CCCC2)cc(C#N)n1C. The normalized spacial score (nSPS) is 20.3. The monoisotopic (exact) mass is 334 g/mol. The van der Waals surface area contributed by atoms with Gasteiger partial charge in [0.1, 0.15) is 17.9 Å². The summed E-state index contributed by atoms with van der Waals surface area (Å²) in [5.74, 6) is 0.0908. The van der Waals surface area contributed by atoms with Gasteiger partial charge in [-0.25, -0.2) is 0 Å². The van der Waals surface area contributed by atoms with Crippen molar-refractivity contribution in [2.24, 2.45) is 7.05 Å². The minimum absolute atomic E-state index is 0.0908. The van der Waals surface area contributed by atoms with E-state index in [9.17, 15) is 10.1 Å². The number of para-hydroxylation sites is 1. The third-order valence-electron chi connectivity index (χ3n) is 5.66. The van der Waals surface area contributed by atoms with E-state index in [0.717, 1.165) is 35.3 Å². The van der Waals surface area contributed by atoms with E-state index in [0.29, 0.717) is 5.69 Å². The molecule has 5 nitrogen and oxygen atoms in total. The maximum atomic E-state index is 13.3. The highest BCUT2D eigenvalue weighted by Crippen LogP contribution is 2.39. The van der Waals surface area contributed by atoms with Crippen molar-refractivity contribution in [1.29, 1.82) is 5.26 Å². The Morgan fingerprint density at radius 2 is 1.96 bits per heavy atom. The third kappa shape index (κ3) is 2.41. The number of aromatic nitrogens is 1. The van der Waals surface area contributed by atoms with Crippen LogP contribution in [0.3, 0.4) is 0 Å². The average molecular weight is 334 g/mol. The van der Waals surface area contributed by atoms with Crippen molar-refractivity contribution in [3.8, 4) is 6.07 Å². The Bertz CT molecular complexity index is 870. The molecule has 5 heteroatoms. The molecule has 1 N–H and O–H groups in total. The van der Waals surface area contributed by atoms with Crippen LogP contribution < -0.4 is 5.32 Å². The highest BCUT2D eigenvalue weighted by atomic mass is 16.2. The molecule has 128 valence electrons. The van der Waals surface area contributed by atoms with Gasteiger partial charge in [0, 0.05) is 30.0 Å². The zero-order valence-corrected chi connectivity index (χ0v) is 14.6. The molecule has 0 spiro atoms. The molecule has 1 aromatic heterocycles. The maximum absolute atomic E-state index is 13.3. The van der Waals surface area contributed by atoms with Crippen LogP contribution in [0.2, 0.25) is 0 Å². The number of carbonyl (C=O) groups excluding carboxylic acids is 1. The summed E-state index contributed by atoms with van der Waals surface area (Å²) in [6, 6.07) is 12.1. The van der Waals surface area contributed by atoms with E-state index >= 15 is 0 Å². The number of benzene rings is 1. The fraction of sp³-hybridized carbons (Fsp3) is 0.400. The van der Waals surface area contributed by atoms with Gasteiger partial charge in [0.25, 0.3) is 5.91 Å². The number of amides is 1. The maximum Gasteiger partial charge on any atom is 0.258 e. The van der Waals surface area contributed by atoms with E-state index in [1.807, 2.05) is 53.8 Å². The van der Waals surface area contributed by atoms with Crippen LogP contribution >= 0.6 is 0 Å². The molecule has 2 aliphatic rings. The lowest BCUT2D eigenvalue weighted by atomic mass is 10.0. The quantitative estimate of drug-likeness (QED) is 0.910. The Balaban J connectivity index is 1.84. The van der Waals surface area contributed by atoms with Crippen LogP contribution in [0.4, 0.5) is 5.69 Å². The molecule has 1 saturated carbocycles. The van der Waals surface area contributed by atoms with Gasteiger partial charge in [-0.05, 0) is 38.0 Å². The van der Waals surface area contributed by atoms with Gasteiger partial charge in [0.05, 0.1) is 5.56 Å². The van der Waals surface area contributed by atoms with Crippen LogP contribution in [0.25, 0.3) is 0 Å². The second-order valence-electron chi connectivity index (χ2n) is 6.98. The van der Waals surface area contributed by atoms with Crippen LogP contribution in [0.1, 0.15) is 59.2 Å². The second-order valence-corrected chi connectivity index (χ2v) is 6.98. The molecule has 1 fully saturated rings. The zero-order chi connectivity index (χ0) is 17.6. The summed E-state index contributed by atoms with van der Waals surface area (Å²) in [6.07, 6.45) is 4.20. The Morgan fingerprint density at radius 1 is 1.24 bits per heavy atom. The lowest BCUT2D eigenvalue weighted by Crippen LogP contribution is -2.48. The summed E-state index contributed by atoms with van der Waals surface area (Å²) in [5.41, 5.74) is 4.25. The van der Waals surface area contributed by atoms with E-state index in [1.165, 1.54) is 12.8 Å². The van der Waals surface area contributed by atoms with Crippen molar-refractivity contribution in [2.75, 3.05) is 5.32 Å². The van der Waals surface area contributed by atoms with E-state index < -0.39 is 0 Å². The van der Waals surface area contributed by atoms with Gasteiger partial charge in [-0.2, -0.15) is 5.26 Å². The van der Waals surface area contributed by atoms with E-state index in [-0.39, 0.29) is 18.1 Å². The van der Waals surface area contributed by atoms with E-state index in [4.69, 9.17) is 0 Å². The van der Waals surface area contributed by atoms with Crippen molar-refractivity contribution in [3.05, 3.63) is 52.8 Å². The first kappa shape index (κ1) is 15.8. The van der Waals surface area contributed by atoms with Crippen LogP contribution in [0.5, 0.6) is 0 Å². The molecule has 1 aliphatic heterocycles. The third-order valence-corrected chi connectivity index (χ3v) is 5.66. The van der Waals surface area contributed by atoms with Gasteiger partial charge in [0.2, 0.25) is 0 Å². The predicted octanol–water partition coefficient (Wildman–Crippen LogP) is 3.71. The lowest BCUT2D eigenvalue weighted by Gasteiger charge is -2.41. The Kier molecular flexibility index (Phi) is 3.76. The van der Waals surface area contributed by atoms with Gasteiger partial charge >= 0.3 is 0 Å². The summed E-state index contributed by atoms with van der Waals surface area (Å²) in [6.45, 7) is 2.01. The Labute approximate surface area is 147 Å². The van der Waals surface area contributed by atoms with Crippen molar-refractivity contribution < 1.29 is 4.79 Å². The lowest BCUT2D eigenvalue weighted by molar-refractivity contribution is 0.0584. The average Bonchev–Trinajstić information content (AvgIpc) is 3.24. The first-order valence-corrected chi connectivity index (χ1v) is 8.86. The topological polar surface area (TPSA) is 61.1 Å². The molecule has 25 heavy (non-hydrogen) atoms. The van der Waals surface area contributed by atoms with E-state index in [2.05, 4.69) is 11.4 Å². The van der Waals surface area contributed by atoms with Crippen LogP contribution in [-0.2, 0) is 7.05 Å². The van der Waals surface area contributed by atoms with Crippen LogP contribution in [0, 0.1) is 18.3 Å². The minimum Gasteiger partial charge on any atom is -0.361 e. The second kappa shape index (κ2) is 5.96. The summed E-state index contributed by atoms with van der Waals surface area (Å²) in [7, 11) is 1.90. The molecule has 1 aliphatic carbocycles. The number of hydrogen-bond acceptors (Lipinski definition) is 3. The van der Waals surface area contributed by atoms with Gasteiger partial charge in [-0.3, -0.25) is 4.79 Å². The fourth-order valence-corrected chi connectivity index (χ4v) is 4.16. The number of rotatable bonds is 2. The van der Waals surface area contributed by atoms with Crippen molar-refractivity contribution in [2.45, 2.75) is 44.8 Å². The Morgan fingerprint density at radius 3 is 2.64 bits per heavy atom. The van der Waals surface area contributed by atoms with Gasteiger partial charge in [-0.1, -0.05) is 25.0 Å². The number of nitrogens with zero attached hydrogens (tertiary/aromatic N) is 3. The molecule has 0 unspecified atom stereocenters. The van der Waals surface area contributed by atoms with Crippen LogP contribution in [-0.4, -0.2) is 21.4 Å². The molecule has 0 saturated heterocycles. The van der Waals surface area contributed by atoms with Crippen molar-refractivity contribution in [3.63, 3.8) is 0 Å². The molecule has 4 rings (SSSR count). The summed E-state index contributed by atoms with van der Waals surface area (Å²) < 4.78 is 1.90. The van der Waals surface area contributed by atoms with Crippen LogP contribution in [0.15, 0.2) is 30.3 Å². The number of fused-ring (bicyclic) bond motifs is 1. The molecule has 0 bridgehead atoms. The standard InChI is InChI=1S/C20H22N4O/c1-13-17(11-15(12-21)23(13)2)19-22-18-10-6-5-9-16(18)20(25)24(19)14-7-3-4-8-14/h5-6,9-11,14,19,22H,3-4,7-8H2,1-2H3/t19-/m1/s1. The number of carbonyl (C=O) groups is 1. The van der Waals surface area contributed by atoms with Gasteiger partial charge in [-0.15, -0.1) is 0 Å². The molecular weight excluding hydrogens is 312 g/mol. The highest BCUT2D eigenvalue weighted by molar-refractivity contribution is 6.02. The summed E-state index contributed by atoms with van der Waals surface area (Å²) >= 11 is 0. The summed E-state index contributed by atoms with van der Waals surface area (Å²) in [5, 5.41) is 12.9. The summed E-state index contributed by atoms with van der Waals surface area (Å²) in [4.78, 5) is 15.3. The number of nitriles is 1. The smallest absolute Gasteiger partial charge is 0.258 e. The molecule has 1 amide bonds. The Hall–Kier alpha value is -2.74. The van der Waals surface area contributed by atoms with Crippen molar-refractivity contribution >= 4 is 11.6 Å². The molecule has 2 heterocycles. The first-order chi connectivity index (χ1) is 12.1.